The lowest BCUT2D eigenvalue weighted by Crippen LogP contribution is -2.28. The highest BCUT2D eigenvalue weighted by Gasteiger charge is 2.34. The Morgan fingerprint density at radius 1 is 1.42 bits per heavy atom. The molecule has 2 aromatic rings. The Morgan fingerprint density at radius 3 is 2.79 bits per heavy atom. The van der Waals surface area contributed by atoms with Crippen molar-refractivity contribution >= 4 is 28.3 Å². The molecular formula is C17H19N3O3S. The summed E-state index contributed by atoms with van der Waals surface area (Å²) in [6, 6.07) is 7.59. The van der Waals surface area contributed by atoms with E-state index >= 15 is 0 Å². The zero-order valence-electron chi connectivity index (χ0n) is 13.6. The molecule has 0 radical (unpaired) electrons. The number of hydrogen-bond acceptors (Lipinski definition) is 5. The van der Waals surface area contributed by atoms with Crippen molar-refractivity contribution in [2.75, 3.05) is 19.0 Å². The van der Waals surface area contributed by atoms with Crippen molar-refractivity contribution in [1.29, 1.82) is 0 Å². The van der Waals surface area contributed by atoms with Gasteiger partial charge < -0.3 is 15.0 Å². The Kier molecular flexibility index (Phi) is 4.80. The van der Waals surface area contributed by atoms with Crippen LogP contribution in [0.1, 0.15) is 17.7 Å². The van der Waals surface area contributed by atoms with E-state index in [1.54, 1.807) is 12.0 Å². The lowest BCUT2D eigenvalue weighted by molar-refractivity contribution is -0.128. The number of methoxy groups -OCH3 is 1. The predicted octanol–water partition coefficient (Wildman–Crippen LogP) is 2.45. The van der Waals surface area contributed by atoms with Crippen LogP contribution < -0.4 is 10.1 Å². The first kappa shape index (κ1) is 16.4. The molecule has 1 aromatic carbocycles. The van der Waals surface area contributed by atoms with E-state index < -0.39 is 0 Å². The number of aryl methyl sites for hydroxylation is 1. The Morgan fingerprint density at radius 2 is 2.17 bits per heavy atom. The number of thiazole rings is 1. The summed E-state index contributed by atoms with van der Waals surface area (Å²) in [6.07, 6.45) is 0.242. The van der Waals surface area contributed by atoms with E-state index in [4.69, 9.17) is 4.74 Å². The summed E-state index contributed by atoms with van der Waals surface area (Å²) in [6.45, 7) is 2.81. The fourth-order valence-corrected chi connectivity index (χ4v) is 3.36. The molecule has 1 atom stereocenters. The molecule has 0 unspecified atom stereocenters. The summed E-state index contributed by atoms with van der Waals surface area (Å²) in [5.41, 5.74) is 1.89. The van der Waals surface area contributed by atoms with Crippen molar-refractivity contribution < 1.29 is 14.3 Å². The minimum absolute atomic E-state index is 0.00119. The van der Waals surface area contributed by atoms with Gasteiger partial charge in [0.2, 0.25) is 11.8 Å². The van der Waals surface area contributed by atoms with Gasteiger partial charge in [0.05, 0.1) is 18.7 Å². The fraction of sp³-hybridized carbons (Fsp3) is 0.353. The van der Waals surface area contributed by atoms with Gasteiger partial charge >= 0.3 is 0 Å². The van der Waals surface area contributed by atoms with Gasteiger partial charge in [-0.05, 0) is 24.6 Å². The first-order valence-corrected chi connectivity index (χ1v) is 8.57. The summed E-state index contributed by atoms with van der Waals surface area (Å²) >= 11 is 1.39. The number of benzene rings is 1. The molecule has 1 N–H and O–H groups in total. The normalized spacial score (nSPS) is 17.2. The van der Waals surface area contributed by atoms with E-state index in [1.165, 1.54) is 11.3 Å². The molecule has 6 nitrogen and oxygen atoms in total. The van der Waals surface area contributed by atoms with Crippen molar-refractivity contribution in [2.45, 2.75) is 19.9 Å². The molecule has 2 amide bonds. The fourth-order valence-electron chi connectivity index (χ4n) is 2.67. The number of carbonyl (C=O) groups is 2. The molecular weight excluding hydrogens is 326 g/mol. The lowest BCUT2D eigenvalue weighted by Gasteiger charge is -2.16. The van der Waals surface area contributed by atoms with Crippen molar-refractivity contribution in [3.05, 3.63) is 40.9 Å². The maximum Gasteiger partial charge on any atom is 0.231 e. The van der Waals surface area contributed by atoms with Crippen molar-refractivity contribution in [3.8, 4) is 5.75 Å². The molecule has 1 aromatic heterocycles. The molecule has 7 heteroatoms. The summed E-state index contributed by atoms with van der Waals surface area (Å²) in [4.78, 5) is 30.4. The van der Waals surface area contributed by atoms with Crippen LogP contribution in [0.5, 0.6) is 5.75 Å². The highest BCUT2D eigenvalue weighted by Crippen LogP contribution is 2.23. The number of likely N-dealkylation sites (tertiary alicyclic amines) is 1. The SMILES string of the molecule is COc1ccc(CN2C[C@@H](C(=O)Nc3nc(C)cs3)CC2=O)cc1. The predicted molar refractivity (Wildman–Crippen MR) is 92.0 cm³/mol. The Labute approximate surface area is 144 Å². The van der Waals surface area contributed by atoms with Crippen molar-refractivity contribution in [2.24, 2.45) is 5.92 Å². The third-order valence-electron chi connectivity index (χ3n) is 3.97. The van der Waals surface area contributed by atoms with Gasteiger partial charge in [-0.15, -0.1) is 11.3 Å². The number of nitrogens with zero attached hydrogens (tertiary/aromatic N) is 2. The molecule has 24 heavy (non-hydrogen) atoms. The van der Waals surface area contributed by atoms with Crippen LogP contribution in [-0.2, 0) is 16.1 Å². The number of hydrogen-bond donors (Lipinski definition) is 1. The zero-order valence-corrected chi connectivity index (χ0v) is 14.4. The van der Waals surface area contributed by atoms with Gasteiger partial charge in [0.25, 0.3) is 0 Å². The molecule has 1 aliphatic heterocycles. The molecule has 126 valence electrons. The average Bonchev–Trinajstić information content (AvgIpc) is 3.14. The van der Waals surface area contributed by atoms with Crippen LogP contribution in [0.4, 0.5) is 5.13 Å². The molecule has 2 heterocycles. The Bertz CT molecular complexity index is 742. The number of anilines is 1. The van der Waals surface area contributed by atoms with Gasteiger partial charge in [0, 0.05) is 24.9 Å². The van der Waals surface area contributed by atoms with E-state index in [0.717, 1.165) is 17.0 Å². The van der Waals surface area contributed by atoms with E-state index in [2.05, 4.69) is 10.3 Å². The molecule has 0 spiro atoms. The molecule has 0 aliphatic carbocycles. The minimum Gasteiger partial charge on any atom is -0.497 e. The van der Waals surface area contributed by atoms with E-state index in [-0.39, 0.29) is 24.2 Å². The zero-order chi connectivity index (χ0) is 17.1. The second-order valence-electron chi connectivity index (χ2n) is 5.81. The smallest absolute Gasteiger partial charge is 0.231 e. The molecule has 0 bridgehead atoms. The largest absolute Gasteiger partial charge is 0.497 e. The third kappa shape index (κ3) is 3.73. The Balaban J connectivity index is 1.59. The average molecular weight is 345 g/mol. The highest BCUT2D eigenvalue weighted by atomic mass is 32.1. The molecule has 1 fully saturated rings. The summed E-state index contributed by atoms with van der Waals surface area (Å²) in [5, 5.41) is 5.26. The standard InChI is InChI=1S/C17H19N3O3S/c1-11-10-24-17(18-11)19-16(22)13-7-15(21)20(9-13)8-12-3-5-14(23-2)6-4-12/h3-6,10,13H,7-9H2,1-2H3,(H,18,19,22)/t13-/m0/s1. The maximum atomic E-state index is 12.3. The first-order chi connectivity index (χ1) is 11.5. The van der Waals surface area contributed by atoms with Crippen LogP contribution in [0, 0.1) is 12.8 Å². The number of rotatable bonds is 5. The second-order valence-corrected chi connectivity index (χ2v) is 6.66. The van der Waals surface area contributed by atoms with E-state index in [9.17, 15) is 9.59 Å². The summed E-state index contributed by atoms with van der Waals surface area (Å²) in [5.74, 6) is 0.304. The number of nitrogens with one attached hydrogen (secondary N) is 1. The van der Waals surface area contributed by atoms with Crippen LogP contribution in [0.2, 0.25) is 0 Å². The maximum absolute atomic E-state index is 12.3. The monoisotopic (exact) mass is 345 g/mol. The molecule has 1 aliphatic rings. The molecule has 1 saturated heterocycles. The van der Waals surface area contributed by atoms with Crippen molar-refractivity contribution in [3.63, 3.8) is 0 Å². The minimum atomic E-state index is -0.333. The molecule has 0 saturated carbocycles. The van der Waals surface area contributed by atoms with Crippen molar-refractivity contribution in [1.82, 2.24) is 9.88 Å². The van der Waals surface area contributed by atoms with E-state index in [1.807, 2.05) is 36.6 Å². The summed E-state index contributed by atoms with van der Waals surface area (Å²) < 4.78 is 5.13. The topological polar surface area (TPSA) is 71.5 Å². The van der Waals surface area contributed by atoms with Gasteiger partial charge in [-0.2, -0.15) is 0 Å². The van der Waals surface area contributed by atoms with Gasteiger partial charge in [-0.25, -0.2) is 4.98 Å². The second kappa shape index (κ2) is 7.00. The quantitative estimate of drug-likeness (QED) is 0.903. The number of aromatic nitrogens is 1. The Hall–Kier alpha value is -2.41. The van der Waals surface area contributed by atoms with Crippen LogP contribution in [0.15, 0.2) is 29.6 Å². The van der Waals surface area contributed by atoms with Gasteiger partial charge in [0.1, 0.15) is 5.75 Å². The van der Waals surface area contributed by atoms with E-state index in [0.29, 0.717) is 18.2 Å². The highest BCUT2D eigenvalue weighted by molar-refractivity contribution is 7.13. The number of amides is 2. The van der Waals surface area contributed by atoms with Gasteiger partial charge in [-0.3, -0.25) is 9.59 Å². The van der Waals surface area contributed by atoms with Crippen LogP contribution in [0.25, 0.3) is 0 Å². The van der Waals surface area contributed by atoms with Crippen LogP contribution in [0.3, 0.4) is 0 Å². The number of ether oxygens (including phenoxy) is 1. The van der Waals surface area contributed by atoms with Crippen LogP contribution >= 0.6 is 11.3 Å². The first-order valence-electron chi connectivity index (χ1n) is 7.69. The molecule has 3 rings (SSSR count). The summed E-state index contributed by atoms with van der Waals surface area (Å²) in [7, 11) is 1.62. The third-order valence-corrected chi connectivity index (χ3v) is 4.84. The van der Waals surface area contributed by atoms with Crippen LogP contribution in [-0.4, -0.2) is 35.4 Å². The lowest BCUT2D eigenvalue weighted by atomic mass is 10.1. The van der Waals surface area contributed by atoms with Gasteiger partial charge in [0.15, 0.2) is 5.13 Å². The van der Waals surface area contributed by atoms with Gasteiger partial charge in [-0.1, -0.05) is 12.1 Å². The number of carbonyl (C=O) groups excluding carboxylic acids is 2.